The van der Waals surface area contributed by atoms with Crippen LogP contribution in [0.25, 0.3) is 4.96 Å². The van der Waals surface area contributed by atoms with E-state index >= 15 is 0 Å². The predicted octanol–water partition coefficient (Wildman–Crippen LogP) is 2.31. The molecule has 5 nitrogen and oxygen atoms in total. The summed E-state index contributed by atoms with van der Waals surface area (Å²) in [5.41, 5.74) is 0. The number of rotatable bonds is 2. The van der Waals surface area contributed by atoms with Gasteiger partial charge >= 0.3 is 0 Å². The van der Waals surface area contributed by atoms with Gasteiger partial charge in [0.25, 0.3) is 0 Å². The van der Waals surface area contributed by atoms with Gasteiger partial charge in [-0.2, -0.15) is 9.61 Å². The number of hydrogen-bond donors (Lipinski definition) is 1. The maximum absolute atomic E-state index is 4.82. The van der Waals surface area contributed by atoms with Crippen LogP contribution in [0.2, 0.25) is 0 Å². The van der Waals surface area contributed by atoms with Crippen LogP contribution in [-0.2, 0) is 0 Å². The second-order valence-electron chi connectivity index (χ2n) is 5.70. The highest BCUT2D eigenvalue weighted by atomic mass is 32.1. The molecule has 0 atom stereocenters. The summed E-state index contributed by atoms with van der Waals surface area (Å²) in [4.78, 5) is 0.982. The van der Waals surface area contributed by atoms with Crippen molar-refractivity contribution < 1.29 is 0 Å². The SMILES string of the molecule is C1CCC(c2nnc3sc(C4CCNCC4)nn23)C1. The van der Waals surface area contributed by atoms with E-state index in [1.54, 1.807) is 11.3 Å². The predicted molar refractivity (Wildman–Crippen MR) is 74.7 cm³/mol. The van der Waals surface area contributed by atoms with Gasteiger partial charge in [0.2, 0.25) is 4.96 Å². The fourth-order valence-electron chi connectivity index (χ4n) is 3.32. The number of nitrogens with one attached hydrogen (secondary N) is 1. The van der Waals surface area contributed by atoms with Crippen molar-refractivity contribution in [3.8, 4) is 0 Å². The van der Waals surface area contributed by atoms with Crippen LogP contribution in [0.4, 0.5) is 0 Å². The summed E-state index contributed by atoms with van der Waals surface area (Å²) >= 11 is 1.73. The van der Waals surface area contributed by atoms with Gasteiger partial charge < -0.3 is 5.32 Å². The minimum absolute atomic E-state index is 0.581. The number of hydrogen-bond acceptors (Lipinski definition) is 5. The van der Waals surface area contributed by atoms with Crippen molar-refractivity contribution in [2.75, 3.05) is 13.1 Å². The first-order valence-corrected chi connectivity index (χ1v) is 8.16. The fourth-order valence-corrected chi connectivity index (χ4v) is 4.33. The fraction of sp³-hybridized carbons (Fsp3) is 0.769. The van der Waals surface area contributed by atoms with Crippen LogP contribution >= 0.6 is 11.3 Å². The molecule has 0 aromatic carbocycles. The van der Waals surface area contributed by atoms with Gasteiger partial charge in [-0.15, -0.1) is 10.2 Å². The molecule has 0 bridgehead atoms. The largest absolute Gasteiger partial charge is 0.317 e. The summed E-state index contributed by atoms with van der Waals surface area (Å²) in [5.74, 6) is 2.30. The molecule has 3 heterocycles. The highest BCUT2D eigenvalue weighted by Gasteiger charge is 2.26. The standard InChI is InChI=1S/C13H19N5S/c1-2-4-9(3-1)11-15-16-13-18(11)17-12(19-13)10-5-7-14-8-6-10/h9-10,14H,1-8H2. The Morgan fingerprint density at radius 2 is 1.79 bits per heavy atom. The van der Waals surface area contributed by atoms with Crippen molar-refractivity contribution in [3.05, 3.63) is 10.8 Å². The van der Waals surface area contributed by atoms with Crippen LogP contribution in [0.3, 0.4) is 0 Å². The molecular weight excluding hydrogens is 258 g/mol. The number of piperidine rings is 1. The lowest BCUT2D eigenvalue weighted by atomic mass is 9.99. The zero-order valence-corrected chi connectivity index (χ0v) is 11.8. The smallest absolute Gasteiger partial charge is 0.234 e. The lowest BCUT2D eigenvalue weighted by molar-refractivity contribution is 0.455. The molecule has 1 N–H and O–H groups in total. The van der Waals surface area contributed by atoms with Crippen LogP contribution in [0.1, 0.15) is 61.2 Å². The Hall–Kier alpha value is -1.01. The first-order valence-electron chi connectivity index (χ1n) is 7.34. The lowest BCUT2D eigenvalue weighted by Gasteiger charge is -2.19. The van der Waals surface area contributed by atoms with Crippen molar-refractivity contribution in [3.63, 3.8) is 0 Å². The molecule has 19 heavy (non-hydrogen) atoms. The van der Waals surface area contributed by atoms with Crippen molar-refractivity contribution in [2.45, 2.75) is 50.4 Å². The van der Waals surface area contributed by atoms with Gasteiger partial charge in [0.05, 0.1) is 0 Å². The molecule has 1 saturated heterocycles. The Bertz CT molecular complexity index is 563. The van der Waals surface area contributed by atoms with E-state index in [-0.39, 0.29) is 0 Å². The van der Waals surface area contributed by atoms with E-state index in [4.69, 9.17) is 5.10 Å². The molecule has 1 saturated carbocycles. The highest BCUT2D eigenvalue weighted by molar-refractivity contribution is 7.16. The summed E-state index contributed by atoms with van der Waals surface area (Å²) in [5, 5.41) is 18.2. The average Bonchev–Trinajstić information content (AvgIpc) is 3.15. The normalized spacial score (nSPS) is 22.5. The van der Waals surface area contributed by atoms with Crippen LogP contribution in [0.15, 0.2) is 0 Å². The van der Waals surface area contributed by atoms with Gasteiger partial charge in [-0.3, -0.25) is 0 Å². The minimum atomic E-state index is 0.581. The van der Waals surface area contributed by atoms with Crippen LogP contribution in [0, 0.1) is 0 Å². The van der Waals surface area contributed by atoms with Gasteiger partial charge in [-0.05, 0) is 38.8 Å². The number of nitrogens with zero attached hydrogens (tertiary/aromatic N) is 4. The molecule has 0 amide bonds. The molecular formula is C13H19N5S. The molecule has 0 spiro atoms. The summed E-state index contributed by atoms with van der Waals surface area (Å²) < 4.78 is 2.03. The third-order valence-electron chi connectivity index (χ3n) is 4.44. The van der Waals surface area contributed by atoms with Crippen LogP contribution in [0.5, 0.6) is 0 Å². The molecule has 0 unspecified atom stereocenters. The van der Waals surface area contributed by atoms with Gasteiger partial charge in [0.1, 0.15) is 5.01 Å². The van der Waals surface area contributed by atoms with Gasteiger partial charge in [-0.1, -0.05) is 24.2 Å². The van der Waals surface area contributed by atoms with Gasteiger partial charge in [-0.25, -0.2) is 0 Å². The zero-order valence-electron chi connectivity index (χ0n) is 11.0. The monoisotopic (exact) mass is 277 g/mol. The molecule has 2 aromatic heterocycles. The van der Waals surface area contributed by atoms with E-state index in [0.717, 1.165) is 23.9 Å². The van der Waals surface area contributed by atoms with E-state index in [1.165, 1.54) is 43.5 Å². The Morgan fingerprint density at radius 3 is 2.58 bits per heavy atom. The first kappa shape index (κ1) is 11.8. The molecule has 102 valence electrons. The maximum atomic E-state index is 4.82. The summed E-state index contributed by atoms with van der Waals surface area (Å²) in [6.07, 6.45) is 7.55. The number of fused-ring (bicyclic) bond motifs is 1. The molecule has 2 fully saturated rings. The molecule has 4 rings (SSSR count). The van der Waals surface area contributed by atoms with Gasteiger partial charge in [0.15, 0.2) is 5.82 Å². The average molecular weight is 277 g/mol. The third-order valence-corrected chi connectivity index (χ3v) is 5.50. The highest BCUT2D eigenvalue weighted by Crippen LogP contribution is 2.35. The van der Waals surface area contributed by atoms with E-state index in [1.807, 2.05) is 4.52 Å². The topological polar surface area (TPSA) is 55.1 Å². The van der Waals surface area contributed by atoms with Crippen molar-refractivity contribution in [1.82, 2.24) is 25.1 Å². The molecule has 2 aromatic rings. The summed E-state index contributed by atoms with van der Waals surface area (Å²) in [7, 11) is 0. The van der Waals surface area contributed by atoms with E-state index in [2.05, 4.69) is 15.5 Å². The first-order chi connectivity index (χ1) is 9.42. The Morgan fingerprint density at radius 1 is 1.00 bits per heavy atom. The molecule has 0 radical (unpaired) electrons. The van der Waals surface area contributed by atoms with Crippen LogP contribution < -0.4 is 5.32 Å². The molecule has 1 aliphatic heterocycles. The second-order valence-corrected chi connectivity index (χ2v) is 6.69. The Balaban J connectivity index is 1.67. The zero-order chi connectivity index (χ0) is 12.7. The molecule has 1 aliphatic carbocycles. The van der Waals surface area contributed by atoms with E-state index in [9.17, 15) is 0 Å². The summed E-state index contributed by atoms with van der Waals surface area (Å²) in [6, 6.07) is 0. The van der Waals surface area contributed by atoms with Crippen molar-refractivity contribution in [1.29, 1.82) is 0 Å². The lowest BCUT2D eigenvalue weighted by Crippen LogP contribution is -2.26. The van der Waals surface area contributed by atoms with Crippen LogP contribution in [-0.4, -0.2) is 32.9 Å². The van der Waals surface area contributed by atoms with Crippen molar-refractivity contribution in [2.24, 2.45) is 0 Å². The second kappa shape index (κ2) is 4.83. The van der Waals surface area contributed by atoms with E-state index in [0.29, 0.717) is 11.8 Å². The maximum Gasteiger partial charge on any atom is 0.234 e. The van der Waals surface area contributed by atoms with Gasteiger partial charge in [0, 0.05) is 11.8 Å². The van der Waals surface area contributed by atoms with E-state index < -0.39 is 0 Å². The van der Waals surface area contributed by atoms with Crippen molar-refractivity contribution >= 4 is 16.3 Å². The quantitative estimate of drug-likeness (QED) is 0.915. The number of aromatic nitrogens is 4. The minimum Gasteiger partial charge on any atom is -0.317 e. The third kappa shape index (κ3) is 2.07. The molecule has 6 heteroatoms. The summed E-state index contributed by atoms with van der Waals surface area (Å²) in [6.45, 7) is 2.22. The molecule has 2 aliphatic rings. The Kier molecular flexibility index (Phi) is 3.00. The Labute approximate surface area is 116 Å².